The van der Waals surface area contributed by atoms with Gasteiger partial charge in [-0.15, -0.1) is 0 Å². The number of amides is 1. The Morgan fingerprint density at radius 1 is 1.22 bits per heavy atom. The molecule has 0 saturated heterocycles. The van der Waals surface area contributed by atoms with Gasteiger partial charge in [-0.25, -0.2) is 23.5 Å². The zero-order valence-electron chi connectivity index (χ0n) is 16.8. The summed E-state index contributed by atoms with van der Waals surface area (Å²) in [7, 11) is -2.49. The molecule has 32 heavy (non-hydrogen) atoms. The van der Waals surface area contributed by atoms with Crippen LogP contribution in [0.15, 0.2) is 46.8 Å². The maximum absolute atomic E-state index is 13.2. The number of nitrogens with two attached hydrogens (primary N) is 1. The van der Waals surface area contributed by atoms with E-state index in [0.717, 1.165) is 17.4 Å². The number of nitrogens with one attached hydrogen (secondary N) is 1. The minimum atomic E-state index is -4.51. The summed E-state index contributed by atoms with van der Waals surface area (Å²) in [6.45, 7) is 1.48. The molecule has 0 unspecified atom stereocenters. The molecule has 2 aromatic heterocycles. The van der Waals surface area contributed by atoms with Crippen molar-refractivity contribution in [2.24, 2.45) is 5.14 Å². The number of halogens is 4. The summed E-state index contributed by atoms with van der Waals surface area (Å²) in [5.41, 5.74) is 0.240. The van der Waals surface area contributed by atoms with E-state index in [0.29, 0.717) is 11.1 Å². The number of hydrogen-bond acceptors (Lipinski definition) is 5. The molecule has 0 spiro atoms. The largest absolute Gasteiger partial charge is 1.00 e. The van der Waals surface area contributed by atoms with E-state index in [4.69, 9.17) is 5.14 Å². The Labute approximate surface area is 192 Å². The van der Waals surface area contributed by atoms with Crippen LogP contribution in [-0.4, -0.2) is 26.4 Å². The average Bonchev–Trinajstić information content (AvgIpc) is 3.09. The summed E-state index contributed by atoms with van der Waals surface area (Å²) >= 11 is 0.787. The second kappa shape index (κ2) is 9.53. The number of sulfonamides is 1. The van der Waals surface area contributed by atoms with Crippen LogP contribution in [-0.2, 0) is 27.4 Å². The van der Waals surface area contributed by atoms with Gasteiger partial charge >= 0.3 is 6.18 Å². The molecule has 1 aromatic carbocycles. The van der Waals surface area contributed by atoms with E-state index in [1.165, 1.54) is 43.3 Å². The van der Waals surface area contributed by atoms with Crippen LogP contribution in [0.25, 0.3) is 11.3 Å². The van der Waals surface area contributed by atoms with Crippen LogP contribution >= 0.6 is 11.3 Å². The zero-order valence-corrected chi connectivity index (χ0v) is 19.2. The highest BCUT2D eigenvalue weighted by Gasteiger charge is 2.37. The van der Waals surface area contributed by atoms with Gasteiger partial charge in [0.2, 0.25) is 21.6 Å². The Hall–Kier alpha value is -2.54. The third-order valence-electron chi connectivity index (χ3n) is 4.42. The number of carbonyl (C=O) groups excluding carboxylic acids is 1. The fourth-order valence-electron chi connectivity index (χ4n) is 2.88. The number of hydrogen-bond donors (Lipinski definition) is 1. The molecule has 0 saturated carbocycles. The SMILES string of the molecule is Cc1nc(N(C)C(=O)Cc2ccc(-c3[nH+]cccc3C(F)(F)F)cc2)sc1S(N)(=O)=O.[Cl-]. The third kappa shape index (κ3) is 5.63. The van der Waals surface area contributed by atoms with Crippen molar-refractivity contribution in [3.05, 3.63) is 59.4 Å². The van der Waals surface area contributed by atoms with Gasteiger partial charge < -0.3 is 12.4 Å². The van der Waals surface area contributed by atoms with Crippen molar-refractivity contribution < 1.29 is 43.8 Å². The predicted molar refractivity (Wildman–Crippen MR) is 109 cm³/mol. The van der Waals surface area contributed by atoms with Crippen molar-refractivity contribution in [3.63, 3.8) is 0 Å². The maximum Gasteiger partial charge on any atom is 0.422 e. The lowest BCUT2D eigenvalue weighted by molar-refractivity contribution is -0.367. The van der Waals surface area contributed by atoms with Gasteiger partial charge in [-0.2, -0.15) is 13.2 Å². The highest BCUT2D eigenvalue weighted by molar-refractivity contribution is 7.91. The van der Waals surface area contributed by atoms with Crippen molar-refractivity contribution in [2.75, 3.05) is 11.9 Å². The van der Waals surface area contributed by atoms with E-state index in [-0.39, 0.29) is 45.5 Å². The van der Waals surface area contributed by atoms with Crippen LogP contribution in [0.1, 0.15) is 16.8 Å². The number of pyridine rings is 1. The topological polar surface area (TPSA) is 108 Å². The van der Waals surface area contributed by atoms with Crippen LogP contribution in [0.2, 0.25) is 0 Å². The second-order valence-electron chi connectivity index (χ2n) is 6.70. The van der Waals surface area contributed by atoms with Crippen LogP contribution in [0.4, 0.5) is 18.3 Å². The Bertz CT molecular complexity index is 1230. The van der Waals surface area contributed by atoms with Gasteiger partial charge in [0.15, 0.2) is 15.5 Å². The van der Waals surface area contributed by atoms with Gasteiger partial charge in [0.1, 0.15) is 5.56 Å². The first-order valence-electron chi connectivity index (χ1n) is 8.82. The summed E-state index contributed by atoms with van der Waals surface area (Å²) in [6.07, 6.45) is -3.15. The number of anilines is 1. The molecule has 3 rings (SSSR count). The maximum atomic E-state index is 13.2. The molecule has 1 amide bonds. The van der Waals surface area contributed by atoms with Crippen LogP contribution in [0.5, 0.6) is 0 Å². The molecule has 0 aliphatic rings. The molecule has 0 fully saturated rings. The van der Waals surface area contributed by atoms with Gasteiger partial charge in [0, 0.05) is 18.7 Å². The van der Waals surface area contributed by atoms with E-state index >= 15 is 0 Å². The fourth-order valence-corrected chi connectivity index (χ4v) is 4.80. The third-order valence-corrected chi connectivity index (χ3v) is 7.21. The molecule has 172 valence electrons. The number of thiazole rings is 1. The molecule has 0 aliphatic heterocycles. The Morgan fingerprint density at radius 3 is 2.38 bits per heavy atom. The number of benzene rings is 1. The monoisotopic (exact) mass is 506 g/mol. The number of nitrogens with zero attached hydrogens (tertiary/aromatic N) is 2. The van der Waals surface area contributed by atoms with Gasteiger partial charge in [-0.1, -0.05) is 23.5 Å². The standard InChI is InChI=1S/C19H17F3N4O3S2.ClH/c1-11-17(31(23,28)29)30-18(25-11)26(2)15(27)10-12-5-7-13(8-6-12)16-14(19(20,21)22)4-3-9-24-16;/h3-9H,10H2,1-2H3,(H2,23,28,29);1H. The molecule has 0 bridgehead atoms. The highest BCUT2D eigenvalue weighted by atomic mass is 35.5. The Morgan fingerprint density at radius 2 is 1.84 bits per heavy atom. The lowest BCUT2D eigenvalue weighted by atomic mass is 10.0. The number of alkyl halides is 3. The molecule has 13 heteroatoms. The van der Waals surface area contributed by atoms with Gasteiger partial charge in [-0.3, -0.25) is 9.69 Å². The molecule has 0 aliphatic carbocycles. The number of aryl methyl sites for hydroxylation is 1. The van der Waals surface area contributed by atoms with Crippen LogP contribution in [0.3, 0.4) is 0 Å². The van der Waals surface area contributed by atoms with Gasteiger partial charge in [0.25, 0.3) is 0 Å². The predicted octanol–water partition coefficient (Wildman–Crippen LogP) is -0.192. The number of primary sulfonamides is 1. The Balaban J connectivity index is 0.00000363. The summed E-state index contributed by atoms with van der Waals surface area (Å²) in [6, 6.07) is 8.38. The molecule has 3 aromatic rings. The summed E-state index contributed by atoms with van der Waals surface area (Å²) in [5.74, 6) is -0.371. The number of carbonyl (C=O) groups is 1. The summed E-state index contributed by atoms with van der Waals surface area (Å²) in [5, 5.41) is 5.31. The van der Waals surface area contributed by atoms with Crippen molar-refractivity contribution in [1.82, 2.24) is 4.98 Å². The number of rotatable bonds is 5. The van der Waals surface area contributed by atoms with E-state index in [9.17, 15) is 26.4 Å². The zero-order chi connectivity index (χ0) is 23.0. The van der Waals surface area contributed by atoms with Crippen molar-refractivity contribution >= 4 is 32.4 Å². The molecule has 2 heterocycles. The first-order chi connectivity index (χ1) is 14.4. The number of aromatic amines is 1. The Kier molecular flexibility index (Phi) is 7.66. The summed E-state index contributed by atoms with van der Waals surface area (Å²) < 4.78 is 62.7. The summed E-state index contributed by atoms with van der Waals surface area (Å²) in [4.78, 5) is 20.5. The van der Waals surface area contributed by atoms with Crippen LogP contribution < -0.4 is 27.4 Å². The number of H-pyrrole nitrogens is 1. The lowest BCUT2D eigenvalue weighted by Crippen LogP contribution is -3.00. The number of aromatic nitrogens is 2. The second-order valence-corrected chi connectivity index (χ2v) is 9.43. The van der Waals surface area contributed by atoms with Crippen molar-refractivity contribution in [3.8, 4) is 11.3 Å². The van der Waals surface area contributed by atoms with Gasteiger partial charge in [0.05, 0.1) is 12.1 Å². The minimum Gasteiger partial charge on any atom is -1.00 e. The molecular weight excluding hydrogens is 489 g/mol. The first kappa shape index (κ1) is 25.7. The molecule has 0 radical (unpaired) electrons. The average molecular weight is 507 g/mol. The van der Waals surface area contributed by atoms with Gasteiger partial charge in [-0.05, 0) is 30.7 Å². The van der Waals surface area contributed by atoms with E-state index in [1.54, 1.807) is 12.1 Å². The number of likely N-dealkylation sites (N-methyl/N-ethyl adjacent to an activating group) is 1. The molecule has 3 N–H and O–H groups in total. The molecule has 0 atom stereocenters. The lowest BCUT2D eigenvalue weighted by Gasteiger charge is -2.14. The minimum absolute atomic E-state index is 0. The molecule has 7 nitrogen and oxygen atoms in total. The van der Waals surface area contributed by atoms with E-state index in [1.807, 2.05) is 0 Å². The van der Waals surface area contributed by atoms with E-state index in [2.05, 4.69) is 9.97 Å². The first-order valence-corrected chi connectivity index (χ1v) is 11.2. The quantitative estimate of drug-likeness (QED) is 0.517. The normalized spacial score (nSPS) is 11.7. The highest BCUT2D eigenvalue weighted by Crippen LogP contribution is 2.34. The van der Waals surface area contributed by atoms with Crippen molar-refractivity contribution in [2.45, 2.75) is 23.7 Å². The molecular formula is C19H18ClF3N4O3S2. The fraction of sp³-hybridized carbons (Fsp3) is 0.211. The van der Waals surface area contributed by atoms with E-state index < -0.39 is 21.8 Å². The van der Waals surface area contributed by atoms with Crippen molar-refractivity contribution in [1.29, 1.82) is 0 Å². The smallest absolute Gasteiger partial charge is 0.422 e. The van der Waals surface area contributed by atoms with Crippen LogP contribution in [0, 0.1) is 6.92 Å².